The van der Waals surface area contributed by atoms with E-state index < -0.39 is 0 Å². The molecule has 98 valence electrons. The Morgan fingerprint density at radius 1 is 1.56 bits per heavy atom. The first-order valence-corrected chi connectivity index (χ1v) is 6.08. The molecule has 0 spiro atoms. The van der Waals surface area contributed by atoms with Crippen LogP contribution in [0, 0.1) is 12.3 Å². The number of nitrogens with two attached hydrogens (primary N) is 1. The molecule has 1 atom stereocenters. The third-order valence-corrected chi connectivity index (χ3v) is 3.11. The minimum Gasteiger partial charge on any atom is -0.382 e. The fourth-order valence-electron chi connectivity index (χ4n) is 2.14. The highest BCUT2D eigenvalue weighted by molar-refractivity contribution is 5.93. The molecule has 1 aliphatic heterocycles. The lowest BCUT2D eigenvalue weighted by molar-refractivity contribution is 0.0889. The van der Waals surface area contributed by atoms with E-state index in [-0.39, 0.29) is 11.9 Å². The average Bonchev–Trinajstić information content (AvgIpc) is 2.38. The lowest BCUT2D eigenvalue weighted by Crippen LogP contribution is -2.40. The van der Waals surface area contributed by atoms with Gasteiger partial charge in [-0.1, -0.05) is 0 Å². The fourth-order valence-corrected chi connectivity index (χ4v) is 2.14. The molecule has 0 radical (unpaired) electrons. The van der Waals surface area contributed by atoms with Gasteiger partial charge in [0, 0.05) is 25.9 Å². The lowest BCUT2D eigenvalue weighted by atomic mass is 10.1. The molecule has 6 nitrogen and oxygen atoms in total. The van der Waals surface area contributed by atoms with Crippen LogP contribution in [-0.2, 0) is 4.74 Å². The predicted octanol–water partition coefficient (Wildman–Crippen LogP) is 0.684. The zero-order valence-corrected chi connectivity index (χ0v) is 10.8. The molecule has 1 aliphatic rings. The first-order chi connectivity index (χ1) is 8.60. The molecule has 6 heteroatoms. The topological polar surface area (TPSA) is 88.1 Å². The number of hydrogen-bond donors (Lipinski definition) is 2. The van der Waals surface area contributed by atoms with Gasteiger partial charge in [0.25, 0.3) is 0 Å². The highest BCUT2D eigenvalue weighted by Gasteiger charge is 2.22. The molecule has 2 heterocycles. The van der Waals surface area contributed by atoms with Crippen LogP contribution in [-0.4, -0.2) is 42.1 Å². The Kier molecular flexibility index (Phi) is 3.76. The van der Waals surface area contributed by atoms with Gasteiger partial charge in [-0.15, -0.1) is 0 Å². The van der Waals surface area contributed by atoms with Crippen LogP contribution >= 0.6 is 0 Å². The van der Waals surface area contributed by atoms with Crippen molar-refractivity contribution in [2.24, 2.45) is 5.73 Å². The van der Waals surface area contributed by atoms with Crippen molar-refractivity contribution in [3.05, 3.63) is 17.5 Å². The van der Waals surface area contributed by atoms with E-state index in [4.69, 9.17) is 15.9 Å². The fraction of sp³-hybridized carbons (Fsp3) is 0.583. The summed E-state index contributed by atoms with van der Waals surface area (Å²) in [5.41, 5.74) is 6.79. The number of nitrogens with zero attached hydrogens (tertiary/aromatic N) is 3. The molecule has 0 bridgehead atoms. The number of aromatic nitrogens is 2. The van der Waals surface area contributed by atoms with Crippen LogP contribution in [0.4, 0.5) is 5.95 Å². The standard InChI is InChI=1S/C12H19N5O/c1-8-6-10(11(13)14)16-12(15-8)17-5-3-4-9(7-17)18-2/h6,9H,3-5,7H2,1-2H3,(H3,13,14). The number of piperidine rings is 1. The van der Waals surface area contributed by atoms with E-state index in [0.29, 0.717) is 11.6 Å². The molecule has 1 aromatic heterocycles. The largest absolute Gasteiger partial charge is 0.382 e. The zero-order valence-electron chi connectivity index (χ0n) is 10.8. The first kappa shape index (κ1) is 12.8. The van der Waals surface area contributed by atoms with Gasteiger partial charge in [0.05, 0.1) is 6.10 Å². The molecule has 1 unspecified atom stereocenters. The number of nitrogen functional groups attached to an aromatic ring is 1. The smallest absolute Gasteiger partial charge is 0.226 e. The molecule has 0 saturated carbocycles. The Bertz CT molecular complexity index is 448. The highest BCUT2D eigenvalue weighted by atomic mass is 16.5. The second-order valence-corrected chi connectivity index (χ2v) is 4.55. The first-order valence-electron chi connectivity index (χ1n) is 6.08. The maximum atomic E-state index is 7.46. The van der Waals surface area contributed by atoms with Crippen molar-refractivity contribution in [1.82, 2.24) is 9.97 Å². The summed E-state index contributed by atoms with van der Waals surface area (Å²) >= 11 is 0. The van der Waals surface area contributed by atoms with Crippen molar-refractivity contribution in [3.8, 4) is 0 Å². The summed E-state index contributed by atoms with van der Waals surface area (Å²) in [5.74, 6) is 0.615. The third kappa shape index (κ3) is 2.76. The van der Waals surface area contributed by atoms with Crippen LogP contribution in [0.2, 0.25) is 0 Å². The van der Waals surface area contributed by atoms with Crippen molar-refractivity contribution in [2.45, 2.75) is 25.9 Å². The van der Waals surface area contributed by atoms with Gasteiger partial charge in [-0.2, -0.15) is 0 Å². The van der Waals surface area contributed by atoms with Crippen LogP contribution in [0.5, 0.6) is 0 Å². The molecule has 0 amide bonds. The molecule has 1 fully saturated rings. The normalized spacial score (nSPS) is 19.9. The molecule has 1 aromatic rings. The summed E-state index contributed by atoms with van der Waals surface area (Å²) in [6.45, 7) is 3.59. The summed E-state index contributed by atoms with van der Waals surface area (Å²) in [4.78, 5) is 10.8. The predicted molar refractivity (Wildman–Crippen MR) is 70.0 cm³/mol. The second-order valence-electron chi connectivity index (χ2n) is 4.55. The van der Waals surface area contributed by atoms with Crippen molar-refractivity contribution >= 4 is 11.8 Å². The SMILES string of the molecule is COC1CCCN(c2nc(C)cc(C(=N)N)n2)C1. The van der Waals surface area contributed by atoms with E-state index >= 15 is 0 Å². The van der Waals surface area contributed by atoms with Crippen LogP contribution in [0.25, 0.3) is 0 Å². The van der Waals surface area contributed by atoms with E-state index in [2.05, 4.69) is 14.9 Å². The van der Waals surface area contributed by atoms with Crippen LogP contribution < -0.4 is 10.6 Å². The van der Waals surface area contributed by atoms with E-state index in [9.17, 15) is 0 Å². The maximum Gasteiger partial charge on any atom is 0.226 e. The number of amidine groups is 1. The molecular formula is C12H19N5O. The van der Waals surface area contributed by atoms with Gasteiger partial charge in [0.1, 0.15) is 11.5 Å². The van der Waals surface area contributed by atoms with E-state index in [1.165, 1.54) is 0 Å². The molecule has 0 aromatic carbocycles. The summed E-state index contributed by atoms with van der Waals surface area (Å²) in [6.07, 6.45) is 2.35. The molecular weight excluding hydrogens is 230 g/mol. The number of hydrogen-bond acceptors (Lipinski definition) is 5. The van der Waals surface area contributed by atoms with Crippen molar-refractivity contribution in [1.29, 1.82) is 5.41 Å². The number of anilines is 1. The number of methoxy groups -OCH3 is 1. The number of nitrogens with one attached hydrogen (secondary N) is 1. The van der Waals surface area contributed by atoms with Crippen LogP contribution in [0.1, 0.15) is 24.2 Å². The van der Waals surface area contributed by atoms with E-state index in [1.807, 2.05) is 6.92 Å². The van der Waals surface area contributed by atoms with Gasteiger partial charge in [0.15, 0.2) is 0 Å². The van der Waals surface area contributed by atoms with Gasteiger partial charge < -0.3 is 15.4 Å². The monoisotopic (exact) mass is 249 g/mol. The van der Waals surface area contributed by atoms with E-state index in [0.717, 1.165) is 31.6 Å². The Balaban J connectivity index is 2.24. The Morgan fingerprint density at radius 3 is 3.00 bits per heavy atom. The minimum absolute atomic E-state index is 0.0259. The molecule has 0 aliphatic carbocycles. The van der Waals surface area contributed by atoms with Gasteiger partial charge in [-0.25, -0.2) is 9.97 Å². The van der Waals surface area contributed by atoms with Gasteiger partial charge in [-0.05, 0) is 25.8 Å². The Morgan fingerprint density at radius 2 is 2.33 bits per heavy atom. The maximum absolute atomic E-state index is 7.46. The molecule has 18 heavy (non-hydrogen) atoms. The molecule has 2 rings (SSSR count). The van der Waals surface area contributed by atoms with E-state index in [1.54, 1.807) is 13.2 Å². The summed E-state index contributed by atoms with van der Waals surface area (Å²) in [5, 5.41) is 7.46. The van der Waals surface area contributed by atoms with Crippen molar-refractivity contribution in [2.75, 3.05) is 25.1 Å². The summed E-state index contributed by atoms with van der Waals surface area (Å²) in [6, 6.07) is 1.73. The van der Waals surface area contributed by atoms with Gasteiger partial charge >= 0.3 is 0 Å². The van der Waals surface area contributed by atoms with Crippen LogP contribution in [0.15, 0.2) is 6.07 Å². The van der Waals surface area contributed by atoms with Crippen molar-refractivity contribution in [3.63, 3.8) is 0 Å². The highest BCUT2D eigenvalue weighted by Crippen LogP contribution is 2.18. The number of rotatable bonds is 3. The van der Waals surface area contributed by atoms with Gasteiger partial charge in [0.2, 0.25) is 5.95 Å². The lowest BCUT2D eigenvalue weighted by Gasteiger charge is -2.32. The Hall–Kier alpha value is -1.69. The average molecular weight is 249 g/mol. The quantitative estimate of drug-likeness (QED) is 0.607. The summed E-state index contributed by atoms with van der Waals surface area (Å²) in [7, 11) is 1.73. The summed E-state index contributed by atoms with van der Waals surface area (Å²) < 4.78 is 5.39. The number of aryl methyl sites for hydroxylation is 1. The number of ether oxygens (including phenoxy) is 1. The molecule has 1 saturated heterocycles. The molecule has 3 N–H and O–H groups in total. The van der Waals surface area contributed by atoms with Crippen molar-refractivity contribution < 1.29 is 4.74 Å². The third-order valence-electron chi connectivity index (χ3n) is 3.11. The van der Waals surface area contributed by atoms with Gasteiger partial charge in [-0.3, -0.25) is 5.41 Å². The second kappa shape index (κ2) is 5.30. The zero-order chi connectivity index (χ0) is 13.1. The Labute approximate surface area is 107 Å². The van der Waals surface area contributed by atoms with Crippen LogP contribution in [0.3, 0.4) is 0 Å². The minimum atomic E-state index is -0.0259.